The first kappa shape index (κ1) is 12.4. The van der Waals surface area contributed by atoms with Gasteiger partial charge in [-0.2, -0.15) is 0 Å². The zero-order chi connectivity index (χ0) is 12.6. The van der Waals surface area contributed by atoms with Crippen molar-refractivity contribution < 1.29 is 9.90 Å². The second kappa shape index (κ2) is 4.29. The van der Waals surface area contributed by atoms with E-state index in [1.165, 1.54) is 16.2 Å². The van der Waals surface area contributed by atoms with Gasteiger partial charge in [-0.3, -0.25) is 9.59 Å². The van der Waals surface area contributed by atoms with E-state index in [1.807, 2.05) is 0 Å². The largest absolute Gasteiger partial charge is 0.481 e. The number of carbonyl (C=O) groups is 1. The molecule has 1 N–H and O–H groups in total. The minimum absolute atomic E-state index is 0.0533. The van der Waals surface area contributed by atoms with Crippen molar-refractivity contribution in [1.29, 1.82) is 0 Å². The molecule has 0 bridgehead atoms. The lowest BCUT2D eigenvalue weighted by molar-refractivity contribution is -0.137. The average Bonchev–Trinajstić information content (AvgIpc) is 2.66. The average molecular weight is 255 g/mol. The van der Waals surface area contributed by atoms with Crippen molar-refractivity contribution in [2.75, 3.05) is 0 Å². The Morgan fingerprint density at radius 2 is 2.24 bits per heavy atom. The smallest absolute Gasteiger partial charge is 0.307 e. The lowest BCUT2D eigenvalue weighted by atomic mass is 9.90. The molecule has 17 heavy (non-hydrogen) atoms. The second-order valence-corrected chi connectivity index (χ2v) is 6.22. The molecule has 0 unspecified atom stereocenters. The van der Waals surface area contributed by atoms with Gasteiger partial charge >= 0.3 is 10.8 Å². The Labute approximate surface area is 104 Å². The monoisotopic (exact) mass is 255 g/mol. The van der Waals surface area contributed by atoms with Crippen molar-refractivity contribution in [2.24, 2.45) is 0 Å². The van der Waals surface area contributed by atoms with Crippen molar-refractivity contribution in [3.63, 3.8) is 0 Å². The van der Waals surface area contributed by atoms with Crippen molar-refractivity contribution in [2.45, 2.75) is 51.5 Å². The maximum Gasteiger partial charge on any atom is 0.307 e. The fraction of sp³-hybridized carbons (Fsp3) is 0.667. The van der Waals surface area contributed by atoms with Gasteiger partial charge in [-0.15, -0.1) is 0 Å². The third kappa shape index (κ3) is 2.29. The van der Waals surface area contributed by atoms with Gasteiger partial charge in [0.15, 0.2) is 0 Å². The molecule has 0 aromatic carbocycles. The van der Waals surface area contributed by atoms with E-state index in [0.29, 0.717) is 13.0 Å². The van der Waals surface area contributed by atoms with E-state index < -0.39 is 5.97 Å². The summed E-state index contributed by atoms with van der Waals surface area (Å²) in [6.45, 7) is 4.83. The fourth-order valence-corrected chi connectivity index (χ4v) is 3.69. The van der Waals surface area contributed by atoms with Crippen LogP contribution in [-0.4, -0.2) is 15.6 Å². The topological polar surface area (TPSA) is 59.3 Å². The van der Waals surface area contributed by atoms with E-state index in [2.05, 4.69) is 13.8 Å². The molecule has 0 saturated heterocycles. The van der Waals surface area contributed by atoms with Crippen LogP contribution in [0.1, 0.15) is 43.7 Å². The fourth-order valence-electron chi connectivity index (χ4n) is 2.50. The van der Waals surface area contributed by atoms with E-state index in [4.69, 9.17) is 5.11 Å². The van der Waals surface area contributed by atoms with Gasteiger partial charge in [0, 0.05) is 29.0 Å². The minimum atomic E-state index is -0.802. The highest BCUT2D eigenvalue weighted by atomic mass is 32.1. The molecular formula is C12H17NO3S. The highest BCUT2D eigenvalue weighted by Gasteiger charge is 2.35. The lowest BCUT2D eigenvalue weighted by Gasteiger charge is -2.20. The number of aryl methyl sites for hydroxylation is 1. The van der Waals surface area contributed by atoms with Crippen LogP contribution in [0.5, 0.6) is 0 Å². The minimum Gasteiger partial charge on any atom is -0.481 e. The van der Waals surface area contributed by atoms with Gasteiger partial charge in [-0.05, 0) is 19.3 Å². The quantitative estimate of drug-likeness (QED) is 0.895. The number of hydrogen-bond donors (Lipinski definition) is 1. The van der Waals surface area contributed by atoms with Crippen LogP contribution in [0.15, 0.2) is 4.79 Å². The first-order valence-electron chi connectivity index (χ1n) is 5.86. The Bertz CT molecular complexity index is 498. The van der Waals surface area contributed by atoms with Crippen LogP contribution in [-0.2, 0) is 23.2 Å². The molecule has 4 nitrogen and oxygen atoms in total. The number of thiazole rings is 1. The molecule has 5 heteroatoms. The Balaban J connectivity index is 2.23. The highest BCUT2D eigenvalue weighted by Crippen LogP contribution is 2.39. The van der Waals surface area contributed by atoms with E-state index in [9.17, 15) is 9.59 Å². The number of hydrogen-bond acceptors (Lipinski definition) is 3. The Kier molecular flexibility index (Phi) is 3.12. The predicted octanol–water partition coefficient (Wildman–Crippen LogP) is 2.00. The van der Waals surface area contributed by atoms with Gasteiger partial charge < -0.3 is 9.67 Å². The van der Waals surface area contributed by atoms with Crippen LogP contribution < -0.4 is 4.87 Å². The predicted molar refractivity (Wildman–Crippen MR) is 66.8 cm³/mol. The lowest BCUT2D eigenvalue weighted by Crippen LogP contribution is -2.24. The number of aliphatic carboxylic acids is 1. The maximum absolute atomic E-state index is 11.9. The van der Waals surface area contributed by atoms with Crippen molar-refractivity contribution in [3.8, 4) is 0 Å². The Morgan fingerprint density at radius 3 is 2.88 bits per heavy atom. The first-order chi connectivity index (χ1) is 7.92. The number of aromatic nitrogens is 1. The van der Waals surface area contributed by atoms with Crippen molar-refractivity contribution in [3.05, 3.63) is 20.2 Å². The molecule has 1 aromatic rings. The molecule has 0 fully saturated rings. The highest BCUT2D eigenvalue weighted by molar-refractivity contribution is 7.09. The van der Waals surface area contributed by atoms with Gasteiger partial charge in [0.25, 0.3) is 0 Å². The zero-order valence-electron chi connectivity index (χ0n) is 10.2. The molecule has 0 radical (unpaired) electrons. The van der Waals surface area contributed by atoms with Gasteiger partial charge in [-0.25, -0.2) is 0 Å². The van der Waals surface area contributed by atoms with Crippen LogP contribution in [0.4, 0.5) is 0 Å². The number of rotatable bonds is 4. The molecule has 2 rings (SSSR count). The first-order valence-corrected chi connectivity index (χ1v) is 6.68. The molecule has 0 atom stereocenters. The maximum atomic E-state index is 11.9. The zero-order valence-corrected chi connectivity index (χ0v) is 11.0. The van der Waals surface area contributed by atoms with Crippen molar-refractivity contribution in [1.82, 2.24) is 4.57 Å². The van der Waals surface area contributed by atoms with Gasteiger partial charge in [0.2, 0.25) is 0 Å². The molecule has 1 aliphatic rings. The summed E-state index contributed by atoms with van der Waals surface area (Å²) < 4.78 is 1.79. The van der Waals surface area contributed by atoms with Crippen LogP contribution >= 0.6 is 11.3 Å². The Morgan fingerprint density at radius 1 is 1.53 bits per heavy atom. The molecule has 1 aromatic heterocycles. The molecule has 1 heterocycles. The van der Waals surface area contributed by atoms with E-state index in [0.717, 1.165) is 18.5 Å². The van der Waals surface area contributed by atoms with Gasteiger partial charge in [0.1, 0.15) is 0 Å². The van der Waals surface area contributed by atoms with Gasteiger partial charge in [0.05, 0.1) is 0 Å². The van der Waals surface area contributed by atoms with E-state index in [-0.39, 0.29) is 16.7 Å². The van der Waals surface area contributed by atoms with Crippen LogP contribution in [0, 0.1) is 0 Å². The van der Waals surface area contributed by atoms with Crippen LogP contribution in [0.25, 0.3) is 0 Å². The summed E-state index contributed by atoms with van der Waals surface area (Å²) in [6, 6.07) is 0. The van der Waals surface area contributed by atoms with Crippen LogP contribution in [0.2, 0.25) is 0 Å². The summed E-state index contributed by atoms with van der Waals surface area (Å²) in [5.41, 5.74) is 1.19. The number of nitrogens with zero attached hydrogens (tertiary/aromatic N) is 1. The third-order valence-corrected chi connectivity index (χ3v) is 4.39. The molecule has 0 amide bonds. The summed E-state index contributed by atoms with van der Waals surface area (Å²) in [6.07, 6.45) is 2.70. The standard InChI is InChI=1S/C12H17NO3S/c1-12(2)6-5-8-10(12)13(11(16)17-8)7-3-4-9(14)15/h3-7H2,1-2H3,(H,14,15). The van der Waals surface area contributed by atoms with Crippen LogP contribution in [0.3, 0.4) is 0 Å². The summed E-state index contributed by atoms with van der Waals surface area (Å²) in [7, 11) is 0. The van der Waals surface area contributed by atoms with Crippen molar-refractivity contribution >= 4 is 17.3 Å². The van der Waals surface area contributed by atoms with Gasteiger partial charge in [-0.1, -0.05) is 25.2 Å². The van der Waals surface area contributed by atoms with E-state index in [1.54, 1.807) is 4.57 Å². The normalized spacial score (nSPS) is 17.1. The number of carboxylic acids is 1. The molecule has 0 saturated carbocycles. The Hall–Kier alpha value is -1.10. The summed E-state index contributed by atoms with van der Waals surface area (Å²) >= 11 is 1.32. The third-order valence-electron chi connectivity index (χ3n) is 3.36. The molecule has 94 valence electrons. The summed E-state index contributed by atoms with van der Waals surface area (Å²) in [5, 5.41) is 8.62. The molecule has 0 aliphatic heterocycles. The molecule has 1 aliphatic carbocycles. The second-order valence-electron chi connectivity index (χ2n) is 5.17. The van der Waals surface area contributed by atoms with E-state index >= 15 is 0 Å². The number of carboxylic acid groups (broad SMARTS) is 1. The summed E-state index contributed by atoms with van der Waals surface area (Å²) in [4.78, 5) is 23.6. The summed E-state index contributed by atoms with van der Waals surface area (Å²) in [5.74, 6) is -0.802. The number of fused-ring (bicyclic) bond motifs is 1. The molecule has 0 spiro atoms. The SMILES string of the molecule is CC1(C)CCc2sc(=O)n(CCCC(=O)O)c21. The molecular weight excluding hydrogens is 238 g/mol.